The van der Waals surface area contributed by atoms with Crippen molar-refractivity contribution in [1.82, 2.24) is 0 Å². The summed E-state index contributed by atoms with van der Waals surface area (Å²) in [5, 5.41) is 7.72. The molecule has 0 spiro atoms. The van der Waals surface area contributed by atoms with Crippen molar-refractivity contribution in [3.05, 3.63) is 41.0 Å². The quantitative estimate of drug-likeness (QED) is 0.680. The van der Waals surface area contributed by atoms with E-state index in [-0.39, 0.29) is 0 Å². The molecule has 0 amide bonds. The van der Waals surface area contributed by atoms with Crippen LogP contribution in [-0.2, 0) is 0 Å². The van der Waals surface area contributed by atoms with Gasteiger partial charge in [-0.25, -0.2) is 0 Å². The summed E-state index contributed by atoms with van der Waals surface area (Å²) in [6.45, 7) is 8.01. The van der Waals surface area contributed by atoms with Crippen LogP contribution in [0.15, 0.2) is 29.8 Å². The molecule has 0 radical (unpaired) electrons. The molecule has 1 nitrogen and oxygen atoms in total. The minimum Gasteiger partial charge on any atom is -0.305 e. The van der Waals surface area contributed by atoms with Gasteiger partial charge in [-0.15, -0.1) is 0 Å². The van der Waals surface area contributed by atoms with Crippen molar-refractivity contribution >= 4 is 11.3 Å². The molecule has 1 aromatic rings. The molecule has 74 valence electrons. The van der Waals surface area contributed by atoms with E-state index in [9.17, 15) is 0 Å². The fraction of sp³-hybridized carbons (Fsp3) is 0.308. The number of benzene rings is 1. The average Bonchev–Trinajstić information content (AvgIpc) is 2.07. The predicted octanol–water partition coefficient (Wildman–Crippen LogP) is 3.83. The second kappa shape index (κ2) is 4.23. The molecule has 0 saturated carbocycles. The van der Waals surface area contributed by atoms with Crippen LogP contribution in [0.2, 0.25) is 0 Å². The lowest BCUT2D eigenvalue weighted by atomic mass is 9.97. The summed E-state index contributed by atoms with van der Waals surface area (Å²) in [4.78, 5) is 0. The van der Waals surface area contributed by atoms with E-state index in [2.05, 4.69) is 31.2 Å². The molecule has 0 saturated heterocycles. The van der Waals surface area contributed by atoms with Crippen LogP contribution in [0.4, 0.5) is 0 Å². The van der Waals surface area contributed by atoms with Gasteiger partial charge in [0.25, 0.3) is 0 Å². The largest absolute Gasteiger partial charge is 0.305 e. The Morgan fingerprint density at radius 2 is 1.50 bits per heavy atom. The second-order valence-electron chi connectivity index (χ2n) is 3.87. The molecule has 0 atom stereocenters. The molecule has 1 aromatic carbocycles. The van der Waals surface area contributed by atoms with Gasteiger partial charge >= 0.3 is 0 Å². The van der Waals surface area contributed by atoms with E-state index in [0.717, 1.165) is 11.1 Å². The summed E-state index contributed by atoms with van der Waals surface area (Å²) < 4.78 is 0. The van der Waals surface area contributed by atoms with Gasteiger partial charge in [-0.05, 0) is 33.3 Å². The van der Waals surface area contributed by atoms with Crippen LogP contribution in [0.1, 0.15) is 31.9 Å². The van der Waals surface area contributed by atoms with Gasteiger partial charge in [-0.1, -0.05) is 35.4 Å². The molecule has 0 unspecified atom stereocenters. The van der Waals surface area contributed by atoms with Crippen molar-refractivity contribution in [2.24, 2.45) is 0 Å². The highest BCUT2D eigenvalue weighted by atomic mass is 14.4. The van der Waals surface area contributed by atoms with Crippen LogP contribution < -0.4 is 0 Å². The summed E-state index contributed by atoms with van der Waals surface area (Å²) in [5.41, 5.74) is 5.28. The Hall–Kier alpha value is -1.37. The molecule has 1 heteroatoms. The van der Waals surface area contributed by atoms with E-state index in [1.54, 1.807) is 0 Å². The third-order valence-corrected chi connectivity index (χ3v) is 2.22. The maximum Gasteiger partial charge on any atom is 0.0360 e. The van der Waals surface area contributed by atoms with Crippen LogP contribution in [0.25, 0.3) is 5.57 Å². The van der Waals surface area contributed by atoms with Crippen molar-refractivity contribution < 1.29 is 0 Å². The van der Waals surface area contributed by atoms with Gasteiger partial charge in [0.15, 0.2) is 0 Å². The van der Waals surface area contributed by atoms with Crippen LogP contribution in [0.5, 0.6) is 0 Å². The number of allylic oxidation sites excluding steroid dienone is 2. The molecule has 1 rings (SSSR count). The van der Waals surface area contributed by atoms with Gasteiger partial charge in [0.1, 0.15) is 0 Å². The zero-order valence-corrected chi connectivity index (χ0v) is 9.31. The third kappa shape index (κ3) is 2.32. The summed E-state index contributed by atoms with van der Waals surface area (Å²) in [6.07, 6.45) is 0. The Morgan fingerprint density at radius 1 is 1.00 bits per heavy atom. The minimum absolute atomic E-state index is 0.633. The topological polar surface area (TPSA) is 23.9 Å². The molecule has 0 bridgehead atoms. The molecule has 0 aliphatic carbocycles. The first-order valence-corrected chi connectivity index (χ1v) is 4.82. The summed E-state index contributed by atoms with van der Waals surface area (Å²) in [6, 6.07) is 8.33. The highest BCUT2D eigenvalue weighted by Crippen LogP contribution is 2.20. The first-order chi connectivity index (χ1) is 6.52. The van der Waals surface area contributed by atoms with Crippen LogP contribution in [0.3, 0.4) is 0 Å². The molecule has 0 aromatic heterocycles. The average molecular weight is 187 g/mol. The summed E-state index contributed by atoms with van der Waals surface area (Å²) in [5.74, 6) is 0. The zero-order valence-electron chi connectivity index (χ0n) is 9.31. The monoisotopic (exact) mass is 187 g/mol. The van der Waals surface area contributed by atoms with Gasteiger partial charge < -0.3 is 5.41 Å². The zero-order chi connectivity index (χ0) is 10.7. The predicted molar refractivity (Wildman–Crippen MR) is 62.8 cm³/mol. The Labute approximate surface area is 86.0 Å². The van der Waals surface area contributed by atoms with Crippen molar-refractivity contribution in [3.8, 4) is 0 Å². The highest BCUT2D eigenvalue weighted by molar-refractivity contribution is 6.21. The lowest BCUT2D eigenvalue weighted by Gasteiger charge is -2.08. The summed E-state index contributed by atoms with van der Waals surface area (Å²) >= 11 is 0. The second-order valence-corrected chi connectivity index (χ2v) is 3.87. The van der Waals surface area contributed by atoms with E-state index in [4.69, 9.17) is 5.41 Å². The van der Waals surface area contributed by atoms with E-state index >= 15 is 0 Å². The van der Waals surface area contributed by atoms with Crippen LogP contribution in [0, 0.1) is 12.3 Å². The highest BCUT2D eigenvalue weighted by Gasteiger charge is 2.04. The van der Waals surface area contributed by atoms with E-state index in [1.807, 2.05) is 20.8 Å². The lowest BCUT2D eigenvalue weighted by Crippen LogP contribution is -1.97. The number of hydrogen-bond donors (Lipinski definition) is 1. The first-order valence-electron chi connectivity index (χ1n) is 4.82. The van der Waals surface area contributed by atoms with Crippen molar-refractivity contribution in [2.45, 2.75) is 27.7 Å². The molecule has 0 aliphatic rings. The molecule has 0 aliphatic heterocycles. The molecule has 0 fully saturated rings. The van der Waals surface area contributed by atoms with Gasteiger partial charge in [0, 0.05) is 11.3 Å². The van der Waals surface area contributed by atoms with Gasteiger partial charge in [-0.2, -0.15) is 0 Å². The van der Waals surface area contributed by atoms with Crippen molar-refractivity contribution in [2.75, 3.05) is 0 Å². The van der Waals surface area contributed by atoms with Gasteiger partial charge in [-0.3, -0.25) is 0 Å². The Morgan fingerprint density at radius 3 is 1.86 bits per heavy atom. The SMILES string of the molecule is CC(=N)C(=C(C)C)c1ccc(C)cc1. The molecular weight excluding hydrogens is 170 g/mol. The fourth-order valence-electron chi connectivity index (χ4n) is 1.60. The van der Waals surface area contributed by atoms with Crippen LogP contribution in [-0.4, -0.2) is 5.71 Å². The maximum atomic E-state index is 7.72. The van der Waals surface area contributed by atoms with Crippen LogP contribution >= 0.6 is 0 Å². The smallest absolute Gasteiger partial charge is 0.0360 e. The van der Waals surface area contributed by atoms with E-state index in [0.29, 0.717) is 5.71 Å². The fourth-order valence-corrected chi connectivity index (χ4v) is 1.60. The van der Waals surface area contributed by atoms with Gasteiger partial charge in [0.2, 0.25) is 0 Å². The summed E-state index contributed by atoms with van der Waals surface area (Å²) in [7, 11) is 0. The van der Waals surface area contributed by atoms with Crippen molar-refractivity contribution in [1.29, 1.82) is 5.41 Å². The van der Waals surface area contributed by atoms with Crippen molar-refractivity contribution in [3.63, 3.8) is 0 Å². The Kier molecular flexibility index (Phi) is 3.23. The van der Waals surface area contributed by atoms with E-state index < -0.39 is 0 Å². The lowest BCUT2D eigenvalue weighted by molar-refractivity contribution is 1.37. The minimum atomic E-state index is 0.633. The maximum absolute atomic E-state index is 7.72. The Balaban J connectivity index is 3.21. The molecule has 0 heterocycles. The number of hydrogen-bond acceptors (Lipinski definition) is 1. The Bertz CT molecular complexity index is 365. The molecular formula is C13H17N. The first kappa shape index (κ1) is 10.7. The van der Waals surface area contributed by atoms with E-state index in [1.165, 1.54) is 11.1 Å². The normalized spacial score (nSPS) is 9.71. The molecule has 14 heavy (non-hydrogen) atoms. The third-order valence-electron chi connectivity index (χ3n) is 2.22. The standard InChI is InChI=1S/C13H17N/c1-9(2)13(11(4)14)12-7-5-10(3)6-8-12/h5-8,14H,1-4H3. The number of nitrogens with one attached hydrogen (secondary N) is 1. The number of rotatable bonds is 2. The number of aryl methyl sites for hydroxylation is 1. The molecule has 1 N–H and O–H groups in total. The van der Waals surface area contributed by atoms with Gasteiger partial charge in [0.05, 0.1) is 0 Å².